The molecule has 3 N–H and O–H groups in total. The van der Waals surface area contributed by atoms with Gasteiger partial charge in [-0.15, -0.1) is 0 Å². The lowest BCUT2D eigenvalue weighted by Gasteiger charge is -2.09. The number of ketones is 1. The number of hydrogen-bond acceptors (Lipinski definition) is 4. The van der Waals surface area contributed by atoms with E-state index < -0.39 is 5.91 Å². The van der Waals surface area contributed by atoms with Crippen molar-refractivity contribution < 1.29 is 14.4 Å². The first kappa shape index (κ1) is 13.9. The molecule has 0 aromatic heterocycles. The molecule has 0 aliphatic carbocycles. The minimum absolute atomic E-state index is 0.157. The van der Waals surface area contributed by atoms with E-state index in [2.05, 4.69) is 10.2 Å². The molecule has 0 atom stereocenters. The Bertz CT molecular complexity index is 612. The summed E-state index contributed by atoms with van der Waals surface area (Å²) >= 11 is 0. The van der Waals surface area contributed by atoms with Crippen LogP contribution in [0.15, 0.2) is 54.6 Å². The second-order valence-electron chi connectivity index (χ2n) is 4.10. The zero-order valence-electron chi connectivity index (χ0n) is 10.7. The molecule has 5 heteroatoms. The summed E-state index contributed by atoms with van der Waals surface area (Å²) in [5.41, 5.74) is 1.41. The van der Waals surface area contributed by atoms with Crippen molar-refractivity contribution in [2.45, 2.75) is 0 Å². The van der Waals surface area contributed by atoms with Gasteiger partial charge in [-0.05, 0) is 12.1 Å². The van der Waals surface area contributed by atoms with Gasteiger partial charge in [-0.2, -0.15) is 0 Å². The summed E-state index contributed by atoms with van der Waals surface area (Å²) in [6.45, 7) is -0.270. The Kier molecular flexibility index (Phi) is 4.60. The monoisotopic (exact) mass is 270 g/mol. The Morgan fingerprint density at radius 1 is 1.00 bits per heavy atom. The number of anilines is 1. The van der Waals surface area contributed by atoms with Crippen molar-refractivity contribution in [3.63, 3.8) is 0 Å². The fourth-order valence-electron chi connectivity index (χ4n) is 1.80. The SMILES string of the molecule is NOCC(=O)Nc1ccccc1C(=O)c1ccccc1. The van der Waals surface area contributed by atoms with Crippen molar-refractivity contribution in [3.8, 4) is 0 Å². The van der Waals surface area contributed by atoms with Gasteiger partial charge >= 0.3 is 0 Å². The molecular weight excluding hydrogens is 256 g/mol. The lowest BCUT2D eigenvalue weighted by atomic mass is 10.0. The molecule has 0 saturated heterocycles. The molecule has 0 fully saturated rings. The highest BCUT2D eigenvalue weighted by Gasteiger charge is 2.14. The van der Waals surface area contributed by atoms with Crippen molar-refractivity contribution in [1.29, 1.82) is 0 Å². The zero-order chi connectivity index (χ0) is 14.4. The van der Waals surface area contributed by atoms with Gasteiger partial charge in [0, 0.05) is 11.1 Å². The van der Waals surface area contributed by atoms with Gasteiger partial charge in [-0.1, -0.05) is 42.5 Å². The fourth-order valence-corrected chi connectivity index (χ4v) is 1.80. The second-order valence-corrected chi connectivity index (χ2v) is 4.10. The number of carbonyl (C=O) groups excluding carboxylic acids is 2. The van der Waals surface area contributed by atoms with Gasteiger partial charge in [-0.25, -0.2) is 5.90 Å². The van der Waals surface area contributed by atoms with E-state index in [0.717, 1.165) is 0 Å². The summed E-state index contributed by atoms with van der Waals surface area (Å²) < 4.78 is 0. The van der Waals surface area contributed by atoms with Crippen LogP contribution in [0.4, 0.5) is 5.69 Å². The predicted molar refractivity (Wildman–Crippen MR) is 75.1 cm³/mol. The molecule has 0 radical (unpaired) electrons. The number of nitrogens with one attached hydrogen (secondary N) is 1. The molecule has 102 valence electrons. The van der Waals surface area contributed by atoms with E-state index in [0.29, 0.717) is 16.8 Å². The van der Waals surface area contributed by atoms with Crippen LogP contribution in [0.5, 0.6) is 0 Å². The Hall–Kier alpha value is -2.50. The van der Waals surface area contributed by atoms with Gasteiger partial charge in [0.25, 0.3) is 5.91 Å². The quantitative estimate of drug-likeness (QED) is 0.640. The summed E-state index contributed by atoms with van der Waals surface area (Å²) in [7, 11) is 0. The zero-order valence-corrected chi connectivity index (χ0v) is 10.7. The van der Waals surface area contributed by atoms with Gasteiger partial charge in [0.05, 0.1) is 5.69 Å². The summed E-state index contributed by atoms with van der Waals surface area (Å²) in [6, 6.07) is 15.7. The van der Waals surface area contributed by atoms with E-state index >= 15 is 0 Å². The summed E-state index contributed by atoms with van der Waals surface area (Å²) in [4.78, 5) is 28.2. The highest BCUT2D eigenvalue weighted by molar-refractivity contribution is 6.13. The van der Waals surface area contributed by atoms with Gasteiger partial charge < -0.3 is 5.32 Å². The summed E-state index contributed by atoms with van der Waals surface area (Å²) in [6.07, 6.45) is 0. The molecule has 0 saturated carbocycles. The molecule has 2 aromatic rings. The van der Waals surface area contributed by atoms with E-state index in [4.69, 9.17) is 5.90 Å². The number of carbonyl (C=O) groups is 2. The van der Waals surface area contributed by atoms with E-state index in [-0.39, 0.29) is 12.4 Å². The first-order chi connectivity index (χ1) is 9.72. The largest absolute Gasteiger partial charge is 0.323 e. The molecule has 5 nitrogen and oxygen atoms in total. The van der Waals surface area contributed by atoms with Crippen molar-refractivity contribution in [1.82, 2.24) is 0 Å². The second kappa shape index (κ2) is 6.60. The van der Waals surface area contributed by atoms with Crippen molar-refractivity contribution in [2.75, 3.05) is 11.9 Å². The smallest absolute Gasteiger partial charge is 0.252 e. The maximum Gasteiger partial charge on any atom is 0.252 e. The van der Waals surface area contributed by atoms with Crippen LogP contribution in [-0.2, 0) is 9.63 Å². The van der Waals surface area contributed by atoms with E-state index in [9.17, 15) is 9.59 Å². The molecule has 0 unspecified atom stereocenters. The third-order valence-corrected chi connectivity index (χ3v) is 2.70. The van der Waals surface area contributed by atoms with Crippen LogP contribution in [0.2, 0.25) is 0 Å². The Morgan fingerprint density at radius 3 is 2.35 bits per heavy atom. The first-order valence-corrected chi connectivity index (χ1v) is 6.02. The number of hydrogen-bond donors (Lipinski definition) is 2. The lowest BCUT2D eigenvalue weighted by Crippen LogP contribution is -2.21. The number of amides is 1. The third-order valence-electron chi connectivity index (χ3n) is 2.70. The standard InChI is InChI=1S/C15H14N2O3/c16-20-10-14(18)17-13-9-5-4-8-12(13)15(19)11-6-2-1-3-7-11/h1-9H,10,16H2,(H,17,18). The van der Waals surface area contributed by atoms with Crippen LogP contribution < -0.4 is 11.2 Å². The van der Waals surface area contributed by atoms with E-state index in [1.54, 1.807) is 48.5 Å². The average molecular weight is 270 g/mol. The fraction of sp³-hybridized carbons (Fsp3) is 0.0667. The maximum atomic E-state index is 12.4. The van der Waals surface area contributed by atoms with Crippen molar-refractivity contribution in [2.24, 2.45) is 5.90 Å². The van der Waals surface area contributed by atoms with Gasteiger partial charge in [0.15, 0.2) is 5.78 Å². The van der Waals surface area contributed by atoms with Crippen LogP contribution >= 0.6 is 0 Å². The lowest BCUT2D eigenvalue weighted by molar-refractivity contribution is -0.120. The number of benzene rings is 2. The number of para-hydroxylation sites is 1. The molecule has 0 aliphatic heterocycles. The molecule has 2 rings (SSSR count). The number of nitrogens with two attached hydrogens (primary N) is 1. The molecular formula is C15H14N2O3. The van der Waals surface area contributed by atoms with E-state index in [1.807, 2.05) is 6.07 Å². The summed E-state index contributed by atoms with van der Waals surface area (Å²) in [5.74, 6) is 4.27. The molecule has 0 bridgehead atoms. The van der Waals surface area contributed by atoms with Crippen LogP contribution in [0.25, 0.3) is 0 Å². The normalized spacial score (nSPS) is 10.1. The van der Waals surface area contributed by atoms with Crippen molar-refractivity contribution >= 4 is 17.4 Å². The van der Waals surface area contributed by atoms with Crippen LogP contribution in [0.1, 0.15) is 15.9 Å². The Balaban J connectivity index is 2.28. The molecule has 20 heavy (non-hydrogen) atoms. The highest BCUT2D eigenvalue weighted by Crippen LogP contribution is 2.19. The third kappa shape index (κ3) is 3.28. The van der Waals surface area contributed by atoms with Gasteiger partial charge in [-0.3, -0.25) is 14.4 Å². The predicted octanol–water partition coefficient (Wildman–Crippen LogP) is 1.75. The first-order valence-electron chi connectivity index (χ1n) is 6.02. The topological polar surface area (TPSA) is 81.4 Å². The van der Waals surface area contributed by atoms with E-state index in [1.165, 1.54) is 0 Å². The van der Waals surface area contributed by atoms with Crippen molar-refractivity contribution in [3.05, 3.63) is 65.7 Å². The molecule has 0 aliphatic rings. The summed E-state index contributed by atoms with van der Waals surface area (Å²) in [5, 5.41) is 2.60. The van der Waals surface area contributed by atoms with Crippen LogP contribution in [-0.4, -0.2) is 18.3 Å². The maximum absolute atomic E-state index is 12.4. The Labute approximate surface area is 116 Å². The Morgan fingerprint density at radius 2 is 1.65 bits per heavy atom. The minimum Gasteiger partial charge on any atom is -0.323 e. The van der Waals surface area contributed by atoms with Crippen LogP contribution in [0, 0.1) is 0 Å². The molecule has 2 aromatic carbocycles. The minimum atomic E-state index is -0.416. The van der Waals surface area contributed by atoms with Gasteiger partial charge in [0.2, 0.25) is 0 Å². The molecule has 0 spiro atoms. The van der Waals surface area contributed by atoms with Crippen LogP contribution in [0.3, 0.4) is 0 Å². The number of rotatable bonds is 5. The molecule has 0 heterocycles. The highest BCUT2D eigenvalue weighted by atomic mass is 16.6. The molecule has 1 amide bonds. The van der Waals surface area contributed by atoms with Gasteiger partial charge in [0.1, 0.15) is 6.61 Å². The average Bonchev–Trinajstić information content (AvgIpc) is 2.48.